The Kier molecular flexibility index (Phi) is 9.00. The van der Waals surface area contributed by atoms with Crippen LogP contribution in [0.4, 0.5) is 0 Å². The predicted molar refractivity (Wildman–Crippen MR) is 152 cm³/mol. The number of aromatic nitrogens is 2. The minimum absolute atomic E-state index is 0.0372. The van der Waals surface area contributed by atoms with Gasteiger partial charge in [-0.2, -0.15) is 9.40 Å². The largest absolute Gasteiger partial charge is 0.462 e. The normalized spacial score (nSPS) is 19.2. The van der Waals surface area contributed by atoms with Crippen LogP contribution in [-0.4, -0.2) is 97.7 Å². The second kappa shape index (κ2) is 12.5. The fourth-order valence-corrected chi connectivity index (χ4v) is 7.43. The molecule has 2 fully saturated rings. The average molecular weight is 602 g/mol. The number of rotatable bonds is 8. The van der Waals surface area contributed by atoms with E-state index >= 15 is 0 Å². The molecular formula is C29H39N5O7S. The molecule has 0 unspecified atom stereocenters. The highest BCUT2D eigenvalue weighted by Gasteiger charge is 2.39. The van der Waals surface area contributed by atoms with Gasteiger partial charge in [0.05, 0.1) is 22.8 Å². The lowest BCUT2D eigenvalue weighted by Crippen LogP contribution is -2.49. The number of hydrogen-bond donors (Lipinski definition) is 1. The quantitative estimate of drug-likeness (QED) is 0.356. The standard InChI is InChI=1S/C29H39N5O7S/c1-3-34-26-24(19-29(20-30-27(26)36)10-17-40-18-11-29)25(31-34)5-4-16-41-28(37)22-6-8-23(9-7-22)42(38,39)33-14-12-32(13-15-33)21(2)35/h6-9H,3-5,10-20H2,1-2H3,(H,30,36). The Morgan fingerprint density at radius 1 is 1.10 bits per heavy atom. The minimum Gasteiger partial charge on any atom is -0.462 e. The first-order valence-electron chi connectivity index (χ1n) is 14.6. The Bertz CT molecular complexity index is 1420. The molecule has 1 aromatic heterocycles. The fourth-order valence-electron chi connectivity index (χ4n) is 6.01. The van der Waals surface area contributed by atoms with Crippen molar-refractivity contribution in [2.75, 3.05) is 52.5 Å². The van der Waals surface area contributed by atoms with Crippen molar-refractivity contribution in [1.29, 1.82) is 0 Å². The number of nitrogens with one attached hydrogen (secondary N) is 1. The zero-order valence-corrected chi connectivity index (χ0v) is 25.1. The van der Waals surface area contributed by atoms with Gasteiger partial charge in [0, 0.05) is 65.0 Å². The van der Waals surface area contributed by atoms with Crippen molar-refractivity contribution in [1.82, 2.24) is 24.3 Å². The smallest absolute Gasteiger partial charge is 0.338 e. The van der Waals surface area contributed by atoms with Crippen LogP contribution >= 0.6 is 0 Å². The Labute approximate surface area is 246 Å². The second-order valence-electron chi connectivity index (χ2n) is 11.2. The number of hydrogen-bond acceptors (Lipinski definition) is 8. The Morgan fingerprint density at radius 3 is 2.43 bits per heavy atom. The van der Waals surface area contributed by atoms with Crippen LogP contribution in [0.2, 0.25) is 0 Å². The average Bonchev–Trinajstić information content (AvgIpc) is 3.28. The van der Waals surface area contributed by atoms with Crippen LogP contribution in [0.3, 0.4) is 0 Å². The molecule has 1 aromatic carbocycles. The van der Waals surface area contributed by atoms with E-state index in [2.05, 4.69) is 5.32 Å². The van der Waals surface area contributed by atoms with E-state index in [0.717, 1.165) is 30.5 Å². The van der Waals surface area contributed by atoms with E-state index in [0.29, 0.717) is 57.9 Å². The molecule has 13 heteroatoms. The second-order valence-corrected chi connectivity index (χ2v) is 13.2. The van der Waals surface area contributed by atoms with Crippen molar-refractivity contribution < 1.29 is 32.3 Å². The topological polar surface area (TPSA) is 140 Å². The monoisotopic (exact) mass is 601 g/mol. The molecule has 1 N–H and O–H groups in total. The maximum absolute atomic E-state index is 13.0. The van der Waals surface area contributed by atoms with Gasteiger partial charge < -0.3 is 19.7 Å². The summed E-state index contributed by atoms with van der Waals surface area (Å²) < 4.78 is 40.2. The first-order valence-corrected chi connectivity index (χ1v) is 16.0. The molecule has 3 aliphatic rings. The molecule has 1 spiro atoms. The third-order valence-electron chi connectivity index (χ3n) is 8.58. The van der Waals surface area contributed by atoms with Crippen molar-refractivity contribution in [2.24, 2.45) is 5.41 Å². The Balaban J connectivity index is 1.17. The van der Waals surface area contributed by atoms with Crippen molar-refractivity contribution in [3.8, 4) is 0 Å². The van der Waals surface area contributed by atoms with Gasteiger partial charge >= 0.3 is 5.97 Å². The fraction of sp³-hybridized carbons (Fsp3) is 0.586. The molecule has 0 aliphatic carbocycles. The SMILES string of the molecule is CCn1nc(CCCOC(=O)c2ccc(S(=O)(=O)N3CCN(C(C)=O)CC3)cc2)c2c1C(=O)NCC1(CCOCC1)C2. The molecule has 0 saturated carbocycles. The van der Waals surface area contributed by atoms with Crippen LogP contribution in [0, 0.1) is 5.41 Å². The van der Waals surface area contributed by atoms with Gasteiger partial charge in [0.25, 0.3) is 5.91 Å². The lowest BCUT2D eigenvalue weighted by molar-refractivity contribution is -0.129. The van der Waals surface area contributed by atoms with Gasteiger partial charge in [0.15, 0.2) is 0 Å². The number of esters is 1. The minimum atomic E-state index is -3.73. The van der Waals surface area contributed by atoms with E-state index in [-0.39, 0.29) is 47.4 Å². The van der Waals surface area contributed by atoms with Crippen LogP contribution < -0.4 is 5.32 Å². The van der Waals surface area contributed by atoms with Gasteiger partial charge in [-0.15, -0.1) is 0 Å². The molecule has 3 aliphatic heterocycles. The number of carbonyl (C=O) groups excluding carboxylic acids is 3. The number of aryl methyl sites for hydroxylation is 2. The molecule has 2 amide bonds. The van der Waals surface area contributed by atoms with E-state index in [1.54, 1.807) is 9.58 Å². The number of amides is 2. The van der Waals surface area contributed by atoms with E-state index in [4.69, 9.17) is 14.6 Å². The number of piperazine rings is 1. The van der Waals surface area contributed by atoms with Gasteiger partial charge in [-0.3, -0.25) is 14.3 Å². The summed E-state index contributed by atoms with van der Waals surface area (Å²) in [6.45, 7) is 7.34. The molecular weight excluding hydrogens is 562 g/mol. The van der Waals surface area contributed by atoms with Gasteiger partial charge in [-0.25, -0.2) is 13.2 Å². The summed E-state index contributed by atoms with van der Waals surface area (Å²) in [7, 11) is -3.73. The molecule has 4 heterocycles. The van der Waals surface area contributed by atoms with Crippen molar-refractivity contribution in [3.05, 3.63) is 46.8 Å². The number of fused-ring (bicyclic) bond motifs is 1. The number of benzene rings is 1. The molecule has 0 radical (unpaired) electrons. The van der Waals surface area contributed by atoms with Crippen molar-refractivity contribution in [3.63, 3.8) is 0 Å². The number of ether oxygens (including phenoxy) is 2. The summed E-state index contributed by atoms with van der Waals surface area (Å²) in [6, 6.07) is 5.73. The molecule has 2 aromatic rings. The Morgan fingerprint density at radius 2 is 1.79 bits per heavy atom. The highest BCUT2D eigenvalue weighted by Crippen LogP contribution is 2.37. The summed E-state index contributed by atoms with van der Waals surface area (Å²) in [6.07, 6.45) is 3.64. The molecule has 42 heavy (non-hydrogen) atoms. The van der Waals surface area contributed by atoms with E-state index in [1.807, 2.05) is 6.92 Å². The highest BCUT2D eigenvalue weighted by atomic mass is 32.2. The highest BCUT2D eigenvalue weighted by molar-refractivity contribution is 7.89. The zero-order valence-electron chi connectivity index (χ0n) is 24.3. The van der Waals surface area contributed by atoms with E-state index in [9.17, 15) is 22.8 Å². The van der Waals surface area contributed by atoms with Gasteiger partial charge in [-0.05, 0) is 68.7 Å². The summed E-state index contributed by atoms with van der Waals surface area (Å²) in [5.41, 5.74) is 2.70. The molecule has 0 atom stereocenters. The molecule has 5 rings (SSSR count). The first-order chi connectivity index (χ1) is 20.1. The maximum atomic E-state index is 13.0. The van der Waals surface area contributed by atoms with Gasteiger partial charge in [0.2, 0.25) is 15.9 Å². The number of carbonyl (C=O) groups is 3. The van der Waals surface area contributed by atoms with Crippen LogP contribution in [0.25, 0.3) is 0 Å². The molecule has 2 saturated heterocycles. The van der Waals surface area contributed by atoms with Crippen LogP contribution in [0.5, 0.6) is 0 Å². The van der Waals surface area contributed by atoms with Crippen molar-refractivity contribution >= 4 is 27.8 Å². The summed E-state index contributed by atoms with van der Waals surface area (Å²) >= 11 is 0. The lowest BCUT2D eigenvalue weighted by Gasteiger charge is -2.36. The number of sulfonamides is 1. The summed E-state index contributed by atoms with van der Waals surface area (Å²) in [5.74, 6) is -0.701. The van der Waals surface area contributed by atoms with Gasteiger partial charge in [-0.1, -0.05) is 0 Å². The third kappa shape index (κ3) is 6.23. The van der Waals surface area contributed by atoms with Crippen LogP contribution in [0.15, 0.2) is 29.2 Å². The number of nitrogens with zero attached hydrogens (tertiary/aromatic N) is 4. The first kappa shape index (κ1) is 30.2. The molecule has 228 valence electrons. The Hall–Kier alpha value is -3.29. The van der Waals surface area contributed by atoms with E-state index < -0.39 is 16.0 Å². The van der Waals surface area contributed by atoms with Crippen LogP contribution in [-0.2, 0) is 43.7 Å². The van der Waals surface area contributed by atoms with Crippen molar-refractivity contribution in [2.45, 2.75) is 57.4 Å². The molecule has 12 nitrogen and oxygen atoms in total. The maximum Gasteiger partial charge on any atom is 0.338 e. The van der Waals surface area contributed by atoms with E-state index in [1.165, 1.54) is 35.5 Å². The summed E-state index contributed by atoms with van der Waals surface area (Å²) in [5, 5.41) is 7.85. The predicted octanol–water partition coefficient (Wildman–Crippen LogP) is 1.63. The lowest BCUT2D eigenvalue weighted by atomic mass is 9.75. The third-order valence-corrected chi connectivity index (χ3v) is 10.5. The van der Waals surface area contributed by atoms with Gasteiger partial charge in [0.1, 0.15) is 5.69 Å². The molecule has 0 bridgehead atoms. The summed E-state index contributed by atoms with van der Waals surface area (Å²) in [4.78, 5) is 38.9. The van der Waals surface area contributed by atoms with Crippen LogP contribution in [0.1, 0.15) is 65.2 Å². The zero-order chi connectivity index (χ0) is 29.9.